The molecule has 1 aliphatic rings. The lowest BCUT2D eigenvalue weighted by atomic mass is 10.0. The molecular weight excluding hydrogens is 380 g/mol. The van der Waals surface area contributed by atoms with E-state index in [9.17, 15) is 15.3 Å². The van der Waals surface area contributed by atoms with Crippen LogP contribution in [0.3, 0.4) is 0 Å². The average Bonchev–Trinajstić information content (AvgIpc) is 2.75. The van der Waals surface area contributed by atoms with Crippen molar-refractivity contribution in [1.29, 1.82) is 0 Å². The highest BCUT2D eigenvalue weighted by atomic mass is 16.6. The van der Waals surface area contributed by atoms with E-state index in [1.807, 2.05) is 0 Å². The number of ether oxygens (including phenoxy) is 2. The summed E-state index contributed by atoms with van der Waals surface area (Å²) >= 11 is 0. The second-order valence-electron chi connectivity index (χ2n) is 8.74. The first-order valence-electron chi connectivity index (χ1n) is 12.6. The number of rotatable bonds is 19. The lowest BCUT2D eigenvalue weighted by Gasteiger charge is -2.37. The van der Waals surface area contributed by atoms with Crippen LogP contribution in [-0.4, -0.2) is 59.6 Å². The fourth-order valence-electron chi connectivity index (χ4n) is 3.96. The normalized spacial score (nSPS) is 24.7. The van der Waals surface area contributed by atoms with Gasteiger partial charge >= 0.3 is 0 Å². The minimum absolute atomic E-state index is 0.0415. The second kappa shape index (κ2) is 19.2. The summed E-state index contributed by atoms with van der Waals surface area (Å²) in [6, 6.07) is 0. The van der Waals surface area contributed by atoms with Gasteiger partial charge in [0.2, 0.25) is 0 Å². The van der Waals surface area contributed by atoms with Crippen LogP contribution in [0.15, 0.2) is 12.2 Å². The molecule has 1 fully saturated rings. The van der Waals surface area contributed by atoms with Gasteiger partial charge in [0.25, 0.3) is 0 Å². The maximum Gasteiger partial charge on any atom is 0.114 e. The van der Waals surface area contributed by atoms with E-state index in [1.165, 1.54) is 83.5 Å². The van der Waals surface area contributed by atoms with Gasteiger partial charge in [-0.1, -0.05) is 83.3 Å². The second-order valence-corrected chi connectivity index (χ2v) is 8.74. The predicted molar refractivity (Wildman–Crippen MR) is 123 cm³/mol. The molecule has 0 aromatic heterocycles. The van der Waals surface area contributed by atoms with Crippen LogP contribution in [0.1, 0.15) is 103 Å². The van der Waals surface area contributed by atoms with E-state index in [4.69, 9.17) is 9.47 Å². The first kappa shape index (κ1) is 27.6. The summed E-state index contributed by atoms with van der Waals surface area (Å²) < 4.78 is 11.0. The zero-order chi connectivity index (χ0) is 21.9. The number of unbranched alkanes of at least 4 members (excludes halogenated alkanes) is 13. The van der Waals surface area contributed by atoms with Gasteiger partial charge in [-0.3, -0.25) is 0 Å². The van der Waals surface area contributed by atoms with Crippen molar-refractivity contribution in [3.63, 3.8) is 0 Å². The van der Waals surface area contributed by atoms with Crippen molar-refractivity contribution in [3.05, 3.63) is 12.2 Å². The summed E-state index contributed by atoms with van der Waals surface area (Å²) in [6.07, 6.45) is 20.7. The van der Waals surface area contributed by atoms with E-state index in [2.05, 4.69) is 19.1 Å². The SMILES string of the molecule is CCCCCCCCCC/C=C/CCCCCCCO[C@@H]1[C@@H](O)[C@H](O)CO[C@H]1CO. The Morgan fingerprint density at radius 1 is 0.800 bits per heavy atom. The lowest BCUT2D eigenvalue weighted by Crippen LogP contribution is -2.55. The smallest absolute Gasteiger partial charge is 0.114 e. The van der Waals surface area contributed by atoms with Gasteiger partial charge in [0.1, 0.15) is 24.4 Å². The Kier molecular flexibility index (Phi) is 17.7. The number of aliphatic hydroxyl groups excluding tert-OH is 3. The molecule has 178 valence electrons. The van der Waals surface area contributed by atoms with Gasteiger partial charge in [-0.25, -0.2) is 0 Å². The Morgan fingerprint density at radius 3 is 1.90 bits per heavy atom. The molecule has 0 unspecified atom stereocenters. The summed E-state index contributed by atoms with van der Waals surface area (Å²) in [5.74, 6) is 0. The van der Waals surface area contributed by atoms with Crippen molar-refractivity contribution < 1.29 is 24.8 Å². The van der Waals surface area contributed by atoms with Crippen LogP contribution in [0.25, 0.3) is 0 Å². The van der Waals surface area contributed by atoms with Gasteiger partial charge in [0, 0.05) is 6.61 Å². The van der Waals surface area contributed by atoms with Crippen LogP contribution in [0.5, 0.6) is 0 Å². The van der Waals surface area contributed by atoms with Crippen LogP contribution in [0.4, 0.5) is 0 Å². The van der Waals surface area contributed by atoms with Gasteiger partial charge in [-0.05, 0) is 32.1 Å². The highest BCUT2D eigenvalue weighted by Gasteiger charge is 2.39. The van der Waals surface area contributed by atoms with Crippen molar-refractivity contribution in [2.75, 3.05) is 19.8 Å². The quantitative estimate of drug-likeness (QED) is 0.201. The van der Waals surface area contributed by atoms with Crippen molar-refractivity contribution in [1.82, 2.24) is 0 Å². The van der Waals surface area contributed by atoms with Gasteiger partial charge in [-0.15, -0.1) is 0 Å². The summed E-state index contributed by atoms with van der Waals surface area (Å²) in [4.78, 5) is 0. The molecule has 0 aromatic carbocycles. The Hall–Kier alpha value is -0.460. The number of hydrogen-bond acceptors (Lipinski definition) is 5. The molecule has 0 bridgehead atoms. The first-order valence-corrected chi connectivity index (χ1v) is 12.6. The Labute approximate surface area is 184 Å². The first-order chi connectivity index (χ1) is 14.7. The third-order valence-electron chi connectivity index (χ3n) is 5.97. The van der Waals surface area contributed by atoms with E-state index in [1.54, 1.807) is 0 Å². The molecule has 0 aliphatic carbocycles. The molecule has 0 saturated carbocycles. The Balaban J connectivity index is 1.86. The van der Waals surface area contributed by atoms with Crippen molar-refractivity contribution in [2.24, 2.45) is 0 Å². The van der Waals surface area contributed by atoms with Gasteiger partial charge < -0.3 is 24.8 Å². The molecule has 0 radical (unpaired) electrons. The topological polar surface area (TPSA) is 79.2 Å². The number of allylic oxidation sites excluding steroid dienone is 2. The van der Waals surface area contributed by atoms with Crippen molar-refractivity contribution in [2.45, 2.75) is 128 Å². The molecule has 1 heterocycles. The molecule has 1 rings (SSSR count). The van der Waals surface area contributed by atoms with E-state index in [0.717, 1.165) is 12.8 Å². The highest BCUT2D eigenvalue weighted by Crippen LogP contribution is 2.19. The van der Waals surface area contributed by atoms with E-state index < -0.39 is 24.4 Å². The van der Waals surface area contributed by atoms with Crippen LogP contribution in [0.2, 0.25) is 0 Å². The molecule has 5 heteroatoms. The summed E-state index contributed by atoms with van der Waals surface area (Å²) in [5, 5.41) is 29.0. The average molecular weight is 429 g/mol. The maximum absolute atomic E-state index is 10.0. The Bertz CT molecular complexity index is 399. The van der Waals surface area contributed by atoms with Crippen LogP contribution in [-0.2, 0) is 9.47 Å². The van der Waals surface area contributed by atoms with E-state index >= 15 is 0 Å². The molecule has 1 saturated heterocycles. The van der Waals surface area contributed by atoms with Gasteiger partial charge in [0.15, 0.2) is 0 Å². The summed E-state index contributed by atoms with van der Waals surface area (Å²) in [7, 11) is 0. The minimum atomic E-state index is -0.992. The largest absolute Gasteiger partial charge is 0.394 e. The number of hydrogen-bond donors (Lipinski definition) is 3. The van der Waals surface area contributed by atoms with E-state index in [0.29, 0.717) is 6.61 Å². The van der Waals surface area contributed by atoms with Gasteiger partial charge in [-0.2, -0.15) is 0 Å². The molecular formula is C25H48O5. The minimum Gasteiger partial charge on any atom is -0.394 e. The van der Waals surface area contributed by atoms with Crippen molar-refractivity contribution >= 4 is 0 Å². The van der Waals surface area contributed by atoms with Crippen LogP contribution < -0.4 is 0 Å². The van der Waals surface area contributed by atoms with E-state index in [-0.39, 0.29) is 13.2 Å². The van der Waals surface area contributed by atoms with Crippen molar-refractivity contribution in [3.8, 4) is 0 Å². The molecule has 1 aliphatic heterocycles. The highest BCUT2D eigenvalue weighted by molar-refractivity contribution is 4.87. The number of aliphatic hydroxyl groups is 3. The van der Waals surface area contributed by atoms with Crippen LogP contribution in [0, 0.1) is 0 Å². The lowest BCUT2D eigenvalue weighted by molar-refractivity contribution is -0.211. The molecule has 4 atom stereocenters. The third kappa shape index (κ3) is 13.1. The molecule has 0 amide bonds. The standard InChI is InChI=1S/C25H48O5/c1-2-3-4-5-6-7-8-9-10-11-12-13-14-15-16-17-18-19-29-25-23(20-26)30-21-22(27)24(25)28/h11-12,22-28H,2-10,13-21H2,1H3/b12-11+/t22-,23+,24+,25+/m1/s1. The fraction of sp³-hybridized carbons (Fsp3) is 0.920. The monoisotopic (exact) mass is 428 g/mol. The molecule has 30 heavy (non-hydrogen) atoms. The zero-order valence-electron chi connectivity index (χ0n) is 19.4. The maximum atomic E-state index is 10.0. The zero-order valence-corrected chi connectivity index (χ0v) is 19.4. The fourth-order valence-corrected chi connectivity index (χ4v) is 3.96. The third-order valence-corrected chi connectivity index (χ3v) is 5.97. The predicted octanol–water partition coefficient (Wildman–Crippen LogP) is 4.91. The molecule has 5 nitrogen and oxygen atoms in total. The molecule has 0 spiro atoms. The molecule has 3 N–H and O–H groups in total. The van der Waals surface area contributed by atoms with Gasteiger partial charge in [0.05, 0.1) is 13.2 Å². The summed E-state index contributed by atoms with van der Waals surface area (Å²) in [5.41, 5.74) is 0. The van der Waals surface area contributed by atoms with Crippen LogP contribution >= 0.6 is 0 Å². The summed E-state index contributed by atoms with van der Waals surface area (Å²) in [6.45, 7) is 2.62. The Morgan fingerprint density at radius 2 is 1.33 bits per heavy atom. The molecule has 0 aromatic rings.